The average Bonchev–Trinajstić information content (AvgIpc) is 2.47. The lowest BCUT2D eigenvalue weighted by Gasteiger charge is -2.36. The number of amides is 1. The number of halogens is 2. The molecule has 1 atom stereocenters. The quantitative estimate of drug-likeness (QED) is 0.670. The predicted octanol–water partition coefficient (Wildman–Crippen LogP) is 3.49. The third-order valence-corrected chi connectivity index (χ3v) is 9.21. The Labute approximate surface area is 153 Å². The van der Waals surface area contributed by atoms with Crippen LogP contribution in [0.1, 0.15) is 32.8 Å². The number of rotatable bonds is 8. The molecule has 0 aliphatic carbocycles. The molecule has 0 aliphatic heterocycles. The molecule has 0 saturated heterocycles. The van der Waals surface area contributed by atoms with Crippen LogP contribution in [-0.4, -0.2) is 37.9 Å². The van der Waals surface area contributed by atoms with E-state index >= 15 is 0 Å². The summed E-state index contributed by atoms with van der Waals surface area (Å²) in [4.78, 5) is 23.4. The van der Waals surface area contributed by atoms with Crippen LogP contribution in [0.2, 0.25) is 18.1 Å². The number of aliphatic carboxylic acids is 1. The average molecular weight is 387 g/mol. The van der Waals surface area contributed by atoms with Gasteiger partial charge in [-0.2, -0.15) is 0 Å². The first-order chi connectivity index (χ1) is 11.8. The molecule has 1 amide bonds. The lowest BCUT2D eigenvalue weighted by Crippen LogP contribution is -2.45. The van der Waals surface area contributed by atoms with Gasteiger partial charge in [-0.15, -0.1) is 0 Å². The van der Waals surface area contributed by atoms with E-state index in [4.69, 9.17) is 4.43 Å². The van der Waals surface area contributed by atoms with Crippen molar-refractivity contribution in [3.8, 4) is 0 Å². The molecule has 0 bridgehead atoms. The fraction of sp³-hybridized carbons (Fsp3) is 0.556. The smallest absolute Gasteiger partial charge is 0.326 e. The fourth-order valence-electron chi connectivity index (χ4n) is 1.99. The van der Waals surface area contributed by atoms with E-state index in [1.807, 2.05) is 0 Å². The van der Waals surface area contributed by atoms with Gasteiger partial charge in [0, 0.05) is 19.1 Å². The zero-order valence-electron chi connectivity index (χ0n) is 15.9. The van der Waals surface area contributed by atoms with Crippen molar-refractivity contribution in [3.05, 3.63) is 35.4 Å². The van der Waals surface area contributed by atoms with Crippen molar-refractivity contribution in [1.82, 2.24) is 5.32 Å². The highest BCUT2D eigenvalue weighted by Gasteiger charge is 2.37. The van der Waals surface area contributed by atoms with Gasteiger partial charge in [-0.1, -0.05) is 26.8 Å². The number of benzene rings is 1. The Balaban J connectivity index is 2.62. The largest absolute Gasteiger partial charge is 0.480 e. The van der Waals surface area contributed by atoms with E-state index in [0.29, 0.717) is 6.07 Å². The third-order valence-electron chi connectivity index (χ3n) is 4.68. The summed E-state index contributed by atoms with van der Waals surface area (Å²) < 4.78 is 32.4. The SMILES string of the molecule is CC(C)(C)[Si](C)(C)OCC[C@@H](NC(=O)Cc1ccc(F)cc1F)C(=O)O. The zero-order valence-corrected chi connectivity index (χ0v) is 16.9. The summed E-state index contributed by atoms with van der Waals surface area (Å²) in [6.07, 6.45) is -0.252. The number of carbonyl (C=O) groups excluding carboxylic acids is 1. The molecule has 0 fully saturated rings. The first-order valence-electron chi connectivity index (χ1n) is 8.43. The number of hydrogen-bond acceptors (Lipinski definition) is 3. The zero-order chi connectivity index (χ0) is 20.1. The van der Waals surface area contributed by atoms with E-state index in [9.17, 15) is 23.5 Å². The summed E-state index contributed by atoms with van der Waals surface area (Å²) in [6, 6.07) is 1.77. The van der Waals surface area contributed by atoms with Crippen molar-refractivity contribution in [2.75, 3.05) is 6.61 Å². The second-order valence-electron chi connectivity index (χ2n) is 7.77. The van der Waals surface area contributed by atoms with Crippen molar-refractivity contribution < 1.29 is 27.9 Å². The Kier molecular flexibility index (Phi) is 7.46. The van der Waals surface area contributed by atoms with Crippen LogP contribution >= 0.6 is 0 Å². The molecule has 0 aliphatic rings. The standard InChI is InChI=1S/C18H27F2NO4Si/c1-18(2,3)26(4,5)25-9-8-15(17(23)24)21-16(22)10-12-6-7-13(19)11-14(12)20/h6-7,11,15H,8-10H2,1-5H3,(H,21,22)(H,23,24)/t15-/m1/s1. The first kappa shape index (κ1) is 22.2. The first-order valence-corrected chi connectivity index (χ1v) is 11.3. The molecule has 0 unspecified atom stereocenters. The van der Waals surface area contributed by atoms with Gasteiger partial charge < -0.3 is 14.8 Å². The number of nitrogens with one attached hydrogen (secondary N) is 1. The topological polar surface area (TPSA) is 75.6 Å². The molecular weight excluding hydrogens is 360 g/mol. The fourth-order valence-corrected chi connectivity index (χ4v) is 3.05. The van der Waals surface area contributed by atoms with Gasteiger partial charge >= 0.3 is 5.97 Å². The van der Waals surface area contributed by atoms with Gasteiger partial charge in [-0.25, -0.2) is 13.6 Å². The minimum Gasteiger partial charge on any atom is -0.480 e. The molecule has 26 heavy (non-hydrogen) atoms. The second-order valence-corrected chi connectivity index (χ2v) is 12.6. The lowest BCUT2D eigenvalue weighted by molar-refractivity contribution is -0.142. The summed E-state index contributed by atoms with van der Waals surface area (Å²) in [5.41, 5.74) is 0.00515. The van der Waals surface area contributed by atoms with E-state index in [-0.39, 0.29) is 30.1 Å². The van der Waals surface area contributed by atoms with Crippen LogP contribution in [0, 0.1) is 11.6 Å². The van der Waals surface area contributed by atoms with Gasteiger partial charge in [0.05, 0.1) is 6.42 Å². The Morgan fingerprint density at radius 3 is 2.38 bits per heavy atom. The molecule has 5 nitrogen and oxygen atoms in total. The highest BCUT2D eigenvalue weighted by Crippen LogP contribution is 2.36. The highest BCUT2D eigenvalue weighted by atomic mass is 28.4. The van der Waals surface area contributed by atoms with Gasteiger partial charge in [-0.3, -0.25) is 4.79 Å². The Morgan fingerprint density at radius 1 is 1.27 bits per heavy atom. The number of hydrogen-bond donors (Lipinski definition) is 2. The van der Waals surface area contributed by atoms with Crippen LogP contribution in [0.4, 0.5) is 8.78 Å². The van der Waals surface area contributed by atoms with Gasteiger partial charge in [0.2, 0.25) is 5.91 Å². The van der Waals surface area contributed by atoms with Crippen molar-refractivity contribution >= 4 is 20.2 Å². The van der Waals surface area contributed by atoms with E-state index in [2.05, 4.69) is 39.2 Å². The Hall–Kier alpha value is -1.80. The summed E-state index contributed by atoms with van der Waals surface area (Å²) >= 11 is 0. The summed E-state index contributed by atoms with van der Waals surface area (Å²) in [5, 5.41) is 11.6. The number of carboxylic acid groups (broad SMARTS) is 1. The molecule has 8 heteroatoms. The van der Waals surface area contributed by atoms with Crippen LogP contribution in [-0.2, 0) is 20.4 Å². The van der Waals surface area contributed by atoms with E-state index in [1.165, 1.54) is 6.07 Å². The summed E-state index contributed by atoms with van der Waals surface area (Å²) in [6.45, 7) is 10.5. The molecule has 0 radical (unpaired) electrons. The maximum Gasteiger partial charge on any atom is 0.326 e. The number of carbonyl (C=O) groups is 2. The Bertz CT molecular complexity index is 659. The van der Waals surface area contributed by atoms with Crippen molar-refractivity contribution in [2.24, 2.45) is 0 Å². The van der Waals surface area contributed by atoms with Crippen LogP contribution in [0.15, 0.2) is 18.2 Å². The number of carboxylic acids is 1. The molecule has 1 rings (SSSR count). The van der Waals surface area contributed by atoms with Crippen molar-refractivity contribution in [3.63, 3.8) is 0 Å². The molecule has 0 heterocycles. The molecule has 2 N–H and O–H groups in total. The van der Waals surface area contributed by atoms with Crippen LogP contribution < -0.4 is 5.32 Å². The molecule has 0 spiro atoms. The molecule has 146 valence electrons. The minimum atomic E-state index is -2.01. The molecule has 0 saturated carbocycles. The van der Waals surface area contributed by atoms with Crippen LogP contribution in [0.25, 0.3) is 0 Å². The molecular formula is C18H27F2NO4Si. The monoisotopic (exact) mass is 387 g/mol. The van der Waals surface area contributed by atoms with Crippen LogP contribution in [0.5, 0.6) is 0 Å². The molecule has 0 aromatic heterocycles. The van der Waals surface area contributed by atoms with Crippen LogP contribution in [0.3, 0.4) is 0 Å². The van der Waals surface area contributed by atoms with E-state index in [0.717, 1.165) is 6.07 Å². The molecule has 1 aromatic rings. The van der Waals surface area contributed by atoms with Gasteiger partial charge in [0.15, 0.2) is 8.32 Å². The predicted molar refractivity (Wildman–Crippen MR) is 97.4 cm³/mol. The van der Waals surface area contributed by atoms with Gasteiger partial charge in [0.25, 0.3) is 0 Å². The van der Waals surface area contributed by atoms with Crippen molar-refractivity contribution in [1.29, 1.82) is 0 Å². The minimum absolute atomic E-state index is 0.00488. The molecule has 1 aromatic carbocycles. The van der Waals surface area contributed by atoms with Crippen molar-refractivity contribution in [2.45, 2.75) is 57.8 Å². The highest BCUT2D eigenvalue weighted by molar-refractivity contribution is 6.74. The second kappa shape index (κ2) is 8.72. The normalized spacial score (nSPS) is 13.3. The lowest BCUT2D eigenvalue weighted by atomic mass is 10.1. The Morgan fingerprint density at radius 2 is 1.88 bits per heavy atom. The van der Waals surface area contributed by atoms with E-state index in [1.54, 1.807) is 0 Å². The maximum absolute atomic E-state index is 13.6. The third kappa shape index (κ3) is 6.49. The maximum atomic E-state index is 13.6. The van der Waals surface area contributed by atoms with E-state index < -0.39 is 37.9 Å². The summed E-state index contributed by atoms with van der Waals surface area (Å²) in [5.74, 6) is -3.40. The van der Waals surface area contributed by atoms with Gasteiger partial charge in [-0.05, 0) is 29.8 Å². The summed E-state index contributed by atoms with van der Waals surface area (Å²) in [7, 11) is -2.01. The van der Waals surface area contributed by atoms with Gasteiger partial charge in [0.1, 0.15) is 17.7 Å².